The lowest BCUT2D eigenvalue weighted by atomic mass is 10.1. The summed E-state index contributed by atoms with van der Waals surface area (Å²) in [5.74, 6) is 1.25. The van der Waals surface area contributed by atoms with Crippen LogP contribution in [-0.2, 0) is 4.79 Å². The van der Waals surface area contributed by atoms with Gasteiger partial charge >= 0.3 is 0 Å². The molecule has 0 aromatic carbocycles. The zero-order valence-corrected chi connectivity index (χ0v) is 10.4. The van der Waals surface area contributed by atoms with Crippen LogP contribution >= 0.6 is 0 Å². The summed E-state index contributed by atoms with van der Waals surface area (Å²) in [6.45, 7) is 2.10. The molecule has 1 aliphatic carbocycles. The molecular weight excluding hydrogens is 200 g/mol. The van der Waals surface area contributed by atoms with Gasteiger partial charge < -0.3 is 10.2 Å². The summed E-state index contributed by atoms with van der Waals surface area (Å²) >= 11 is 0. The lowest BCUT2D eigenvalue weighted by molar-refractivity contribution is -0.130. The molecule has 3 nitrogen and oxygen atoms in total. The number of rotatable bonds is 6. The van der Waals surface area contributed by atoms with Crippen molar-refractivity contribution in [1.82, 2.24) is 10.2 Å². The maximum absolute atomic E-state index is 11.8. The lowest BCUT2D eigenvalue weighted by Crippen LogP contribution is -2.30. The number of carbonyl (C=O) groups excluding carboxylic acids is 1. The van der Waals surface area contributed by atoms with E-state index in [-0.39, 0.29) is 0 Å². The fourth-order valence-electron chi connectivity index (χ4n) is 2.40. The van der Waals surface area contributed by atoms with E-state index >= 15 is 0 Å². The molecule has 1 N–H and O–H groups in total. The van der Waals surface area contributed by atoms with Gasteiger partial charge in [0, 0.05) is 26.1 Å². The van der Waals surface area contributed by atoms with Crippen molar-refractivity contribution in [2.45, 2.75) is 51.0 Å². The van der Waals surface area contributed by atoms with Gasteiger partial charge in [0.2, 0.25) is 5.91 Å². The van der Waals surface area contributed by atoms with Gasteiger partial charge in [-0.05, 0) is 38.1 Å². The summed E-state index contributed by atoms with van der Waals surface area (Å²) < 4.78 is 0. The van der Waals surface area contributed by atoms with Gasteiger partial charge in [-0.25, -0.2) is 0 Å². The van der Waals surface area contributed by atoms with Crippen molar-refractivity contribution in [3.63, 3.8) is 0 Å². The third-order valence-electron chi connectivity index (χ3n) is 3.86. The molecule has 0 spiro atoms. The SMILES string of the molecule is CN(CCC1CC1)C(=O)CCC1CCCN1. The molecule has 1 saturated carbocycles. The Hall–Kier alpha value is -0.570. The number of hydrogen-bond donors (Lipinski definition) is 1. The summed E-state index contributed by atoms with van der Waals surface area (Å²) in [4.78, 5) is 13.8. The molecule has 2 fully saturated rings. The molecule has 0 radical (unpaired) electrons. The van der Waals surface area contributed by atoms with Crippen LogP contribution in [0.3, 0.4) is 0 Å². The molecule has 0 aromatic rings. The zero-order chi connectivity index (χ0) is 11.4. The highest BCUT2D eigenvalue weighted by molar-refractivity contribution is 5.75. The predicted octanol–water partition coefficient (Wildman–Crippen LogP) is 1.78. The summed E-state index contributed by atoms with van der Waals surface area (Å²) in [7, 11) is 1.95. The molecule has 2 aliphatic rings. The molecule has 1 atom stereocenters. The summed E-state index contributed by atoms with van der Waals surface area (Å²) in [5, 5.41) is 3.44. The Bertz CT molecular complexity index is 232. The Balaban J connectivity index is 1.57. The first-order valence-corrected chi connectivity index (χ1v) is 6.73. The molecule has 1 heterocycles. The molecule has 1 amide bonds. The monoisotopic (exact) mass is 224 g/mol. The van der Waals surface area contributed by atoms with Crippen LogP contribution in [0.2, 0.25) is 0 Å². The van der Waals surface area contributed by atoms with Crippen LogP contribution in [0, 0.1) is 5.92 Å². The molecule has 0 aromatic heterocycles. The van der Waals surface area contributed by atoms with Crippen molar-refractivity contribution in [2.24, 2.45) is 5.92 Å². The van der Waals surface area contributed by atoms with E-state index in [1.807, 2.05) is 11.9 Å². The second-order valence-corrected chi connectivity index (χ2v) is 5.38. The van der Waals surface area contributed by atoms with Gasteiger partial charge in [0.15, 0.2) is 0 Å². The average Bonchev–Trinajstić information content (AvgIpc) is 2.97. The maximum atomic E-state index is 11.8. The van der Waals surface area contributed by atoms with E-state index in [1.54, 1.807) is 0 Å². The molecule has 1 unspecified atom stereocenters. The summed E-state index contributed by atoms with van der Waals surface area (Å²) in [6, 6.07) is 0.598. The van der Waals surface area contributed by atoms with E-state index in [4.69, 9.17) is 0 Å². The smallest absolute Gasteiger partial charge is 0.222 e. The number of nitrogens with one attached hydrogen (secondary N) is 1. The molecular formula is C13H24N2O. The fourth-order valence-corrected chi connectivity index (χ4v) is 2.40. The van der Waals surface area contributed by atoms with Crippen molar-refractivity contribution >= 4 is 5.91 Å². The van der Waals surface area contributed by atoms with Crippen molar-refractivity contribution in [3.8, 4) is 0 Å². The van der Waals surface area contributed by atoms with E-state index in [9.17, 15) is 4.79 Å². The maximum Gasteiger partial charge on any atom is 0.222 e. The summed E-state index contributed by atoms with van der Waals surface area (Å²) in [5.41, 5.74) is 0. The van der Waals surface area contributed by atoms with Crippen LogP contribution in [0.25, 0.3) is 0 Å². The highest BCUT2D eigenvalue weighted by Gasteiger charge is 2.22. The van der Waals surface area contributed by atoms with Crippen LogP contribution in [0.5, 0.6) is 0 Å². The standard InChI is InChI=1S/C13H24N2O/c1-15(10-8-11-4-5-11)13(16)7-6-12-3-2-9-14-12/h11-12,14H,2-10H2,1H3. The molecule has 2 rings (SSSR count). The Morgan fingerprint density at radius 1 is 1.31 bits per heavy atom. The van der Waals surface area contributed by atoms with Crippen LogP contribution in [0.1, 0.15) is 44.9 Å². The highest BCUT2D eigenvalue weighted by atomic mass is 16.2. The topological polar surface area (TPSA) is 32.3 Å². The van der Waals surface area contributed by atoms with E-state index in [0.29, 0.717) is 11.9 Å². The van der Waals surface area contributed by atoms with Gasteiger partial charge in [-0.1, -0.05) is 12.8 Å². The predicted molar refractivity (Wildman–Crippen MR) is 65.2 cm³/mol. The number of hydrogen-bond acceptors (Lipinski definition) is 2. The van der Waals surface area contributed by atoms with Crippen molar-refractivity contribution in [1.29, 1.82) is 0 Å². The Morgan fingerprint density at radius 2 is 2.12 bits per heavy atom. The summed E-state index contributed by atoms with van der Waals surface area (Å²) in [6.07, 6.45) is 8.24. The largest absolute Gasteiger partial charge is 0.346 e. The van der Waals surface area contributed by atoms with E-state index in [0.717, 1.165) is 31.8 Å². The average molecular weight is 224 g/mol. The van der Waals surface area contributed by atoms with Gasteiger partial charge in [-0.2, -0.15) is 0 Å². The number of carbonyl (C=O) groups is 1. The van der Waals surface area contributed by atoms with Crippen molar-refractivity contribution in [3.05, 3.63) is 0 Å². The molecule has 3 heteroatoms. The van der Waals surface area contributed by atoms with Gasteiger partial charge in [0.1, 0.15) is 0 Å². The van der Waals surface area contributed by atoms with Crippen molar-refractivity contribution in [2.75, 3.05) is 20.1 Å². The third-order valence-corrected chi connectivity index (χ3v) is 3.86. The Morgan fingerprint density at radius 3 is 2.75 bits per heavy atom. The Labute approximate surface area is 98.6 Å². The number of nitrogens with zero attached hydrogens (tertiary/aromatic N) is 1. The normalized spacial score (nSPS) is 24.7. The molecule has 92 valence electrons. The van der Waals surface area contributed by atoms with Gasteiger partial charge in [0.25, 0.3) is 0 Å². The van der Waals surface area contributed by atoms with Gasteiger partial charge in [-0.15, -0.1) is 0 Å². The van der Waals surface area contributed by atoms with Crippen molar-refractivity contribution < 1.29 is 4.79 Å². The minimum Gasteiger partial charge on any atom is -0.346 e. The zero-order valence-electron chi connectivity index (χ0n) is 10.4. The van der Waals surface area contributed by atoms with Crippen LogP contribution in [-0.4, -0.2) is 37.0 Å². The molecule has 0 bridgehead atoms. The minimum atomic E-state index is 0.328. The first-order chi connectivity index (χ1) is 7.75. The van der Waals surface area contributed by atoms with Crippen LogP contribution in [0.15, 0.2) is 0 Å². The quantitative estimate of drug-likeness (QED) is 0.746. The second-order valence-electron chi connectivity index (χ2n) is 5.38. The molecule has 1 saturated heterocycles. The van der Waals surface area contributed by atoms with E-state index in [1.165, 1.54) is 32.1 Å². The molecule has 16 heavy (non-hydrogen) atoms. The fraction of sp³-hybridized carbons (Fsp3) is 0.923. The van der Waals surface area contributed by atoms with Crippen LogP contribution < -0.4 is 5.32 Å². The first-order valence-electron chi connectivity index (χ1n) is 6.73. The Kier molecular flexibility index (Phi) is 4.22. The highest BCUT2D eigenvalue weighted by Crippen LogP contribution is 2.32. The van der Waals surface area contributed by atoms with Gasteiger partial charge in [-0.3, -0.25) is 4.79 Å². The van der Waals surface area contributed by atoms with Crippen LogP contribution in [0.4, 0.5) is 0 Å². The van der Waals surface area contributed by atoms with Gasteiger partial charge in [0.05, 0.1) is 0 Å². The lowest BCUT2D eigenvalue weighted by Gasteiger charge is -2.18. The second kappa shape index (κ2) is 5.67. The van der Waals surface area contributed by atoms with E-state index in [2.05, 4.69) is 5.32 Å². The van der Waals surface area contributed by atoms with E-state index < -0.39 is 0 Å². The molecule has 1 aliphatic heterocycles. The third kappa shape index (κ3) is 3.78. The first kappa shape index (κ1) is 11.9. The minimum absolute atomic E-state index is 0.328. The number of amides is 1.